The average molecular weight is 1020 g/mol. The van der Waals surface area contributed by atoms with Crippen molar-refractivity contribution in [2.45, 2.75) is 193 Å². The van der Waals surface area contributed by atoms with Crippen LogP contribution in [0.5, 0.6) is 0 Å². The first-order valence-electron chi connectivity index (χ1n) is 24.1. The summed E-state index contributed by atoms with van der Waals surface area (Å²) in [4.78, 5) is 41.5. The number of fused-ring (bicyclic) bond motifs is 1. The van der Waals surface area contributed by atoms with Gasteiger partial charge in [-0.05, 0) is 63.5 Å². The molecular weight excluding hydrogens is 915 g/mol. The zero-order valence-electron chi connectivity index (χ0n) is 41.5. The van der Waals surface area contributed by atoms with Gasteiger partial charge in [-0.1, -0.05) is 148 Å². The summed E-state index contributed by atoms with van der Waals surface area (Å²) in [6, 6.07) is 4.91. The van der Waals surface area contributed by atoms with Crippen molar-refractivity contribution >= 4 is 44.1 Å². The highest BCUT2D eigenvalue weighted by molar-refractivity contribution is 7.86. The van der Waals surface area contributed by atoms with Gasteiger partial charge in [-0.3, -0.25) is 9.59 Å². The lowest BCUT2D eigenvalue weighted by Gasteiger charge is -2.39. The molecule has 1 aromatic rings. The molecule has 0 bridgehead atoms. The maximum atomic E-state index is 10.8. The number of carboxylic acids is 2. The molecule has 0 amide bonds. The Hall–Kier alpha value is -3.00. The van der Waals surface area contributed by atoms with Gasteiger partial charge in [0, 0.05) is 0 Å². The van der Waals surface area contributed by atoms with Crippen molar-refractivity contribution in [3.8, 4) is 0 Å². The number of unbranched alkanes of at least 4 members (excludes halogenated alkanes) is 8. The number of nitrogens with two attached hydrogens (primary N) is 1. The molecule has 0 saturated heterocycles. The van der Waals surface area contributed by atoms with Gasteiger partial charge in [0.15, 0.2) is 0 Å². The molecule has 0 aliphatic carbocycles. The molecule has 2 unspecified atom stereocenters. The highest BCUT2D eigenvalue weighted by Gasteiger charge is 2.29. The third kappa shape index (κ3) is 39.8. The zero-order chi connectivity index (χ0) is 50.5. The van der Waals surface area contributed by atoms with Gasteiger partial charge in [0.25, 0.3) is 0 Å². The molecule has 2 rings (SSSR count). The van der Waals surface area contributed by atoms with E-state index in [-0.39, 0.29) is 22.3 Å². The number of esters is 2. The van der Waals surface area contributed by atoms with Crippen LogP contribution in [0.2, 0.25) is 0 Å². The summed E-state index contributed by atoms with van der Waals surface area (Å²) in [5.74, 6) is -6.91. The second-order valence-corrected chi connectivity index (χ2v) is 20.1. The Bertz CT molecular complexity index is 1460. The number of rotatable bonds is 30. The van der Waals surface area contributed by atoms with E-state index in [0.29, 0.717) is 11.1 Å². The first kappa shape index (κ1) is 76.5. The fourth-order valence-corrected chi connectivity index (χ4v) is 8.33. The number of cyclic esters (lactones) is 2. The molecule has 0 radical (unpaired) electrons. The van der Waals surface area contributed by atoms with E-state index in [9.17, 15) is 45.1 Å². The highest BCUT2D eigenvalue weighted by Crippen LogP contribution is 2.19. The molecule has 406 valence electrons. The van der Waals surface area contributed by atoms with Gasteiger partial charge in [-0.25, -0.2) is 26.4 Å². The molecule has 0 aromatic heterocycles. The number of hydrogen-bond acceptors (Lipinski definition) is 12. The van der Waals surface area contributed by atoms with Crippen LogP contribution >= 0.6 is 0 Å². The molecule has 1 aromatic carbocycles. The number of carboxylic acid groups (broad SMARTS) is 2. The Labute approximate surface area is 415 Å². The normalized spacial score (nSPS) is 12.6. The fraction of sp³-hybridized carbons (Fsp3) is 0.800. The van der Waals surface area contributed by atoms with E-state index in [0.717, 1.165) is 6.92 Å². The van der Waals surface area contributed by atoms with Crippen LogP contribution in [0.15, 0.2) is 24.3 Å². The summed E-state index contributed by atoms with van der Waals surface area (Å²) in [5, 5.41) is 16.2. The summed E-state index contributed by atoms with van der Waals surface area (Å²) >= 11 is 0. The SMILES string of the molecule is C.C.C.CC(CS(=O)(=O)[O-])C(=O)O.CCCC[N+](CCCC)(CCCC)CCCC.CCCC[N+](CCCC)(CCCC)CCCC.NC(CS(=O)(=O)[O-])C(=O)O.O=C1OC(=O)c2ccccc21. The third-order valence-corrected chi connectivity index (χ3v) is 12.7. The lowest BCUT2D eigenvalue weighted by atomic mass is 10.1. The van der Waals surface area contributed by atoms with E-state index < -0.39 is 67.6 Å². The first-order chi connectivity index (χ1) is 30.4. The van der Waals surface area contributed by atoms with Crippen LogP contribution in [-0.2, 0) is 34.6 Å². The molecule has 16 nitrogen and oxygen atoms in total. The molecule has 2 atom stereocenters. The van der Waals surface area contributed by atoms with Crippen molar-refractivity contribution in [3.63, 3.8) is 0 Å². The molecule has 1 aliphatic rings. The predicted octanol–water partition coefficient (Wildman–Crippen LogP) is 10.1. The van der Waals surface area contributed by atoms with E-state index in [4.69, 9.17) is 15.9 Å². The Morgan fingerprint density at radius 2 is 0.765 bits per heavy atom. The van der Waals surface area contributed by atoms with E-state index >= 15 is 0 Å². The van der Waals surface area contributed by atoms with Crippen LogP contribution in [0.4, 0.5) is 0 Å². The Balaban J connectivity index is -0.000000178. The minimum Gasteiger partial charge on any atom is -0.748 e. The summed E-state index contributed by atoms with van der Waals surface area (Å²) < 4.78 is 66.5. The second kappa shape index (κ2) is 44.0. The number of nitrogens with zero attached hydrogens (tertiary/aromatic N) is 2. The van der Waals surface area contributed by atoms with Crippen molar-refractivity contribution in [2.75, 3.05) is 63.9 Å². The minimum atomic E-state index is -4.52. The Morgan fingerprint density at radius 3 is 0.912 bits per heavy atom. The number of quaternary nitrogens is 2. The van der Waals surface area contributed by atoms with E-state index in [2.05, 4.69) is 60.1 Å². The third-order valence-electron chi connectivity index (χ3n) is 11.0. The Morgan fingerprint density at radius 1 is 0.529 bits per heavy atom. The van der Waals surface area contributed by atoms with Crippen LogP contribution in [0.3, 0.4) is 0 Å². The van der Waals surface area contributed by atoms with Crippen LogP contribution in [0.25, 0.3) is 0 Å². The van der Waals surface area contributed by atoms with Crippen molar-refractivity contribution in [3.05, 3.63) is 35.4 Å². The summed E-state index contributed by atoms with van der Waals surface area (Å²) in [5.41, 5.74) is 5.44. The summed E-state index contributed by atoms with van der Waals surface area (Å²) in [6.07, 6.45) is 22.1. The summed E-state index contributed by atoms with van der Waals surface area (Å²) in [7, 11) is -8.92. The van der Waals surface area contributed by atoms with Gasteiger partial charge in [0.2, 0.25) is 0 Å². The standard InChI is InChI=1S/2C16H36N.C8H4O3.C4H8O5S.C3H7NO5S.3CH4/c2*1-5-9-13-17(14-10-6-2,15-11-7-3)16-12-8-4;9-7-5-3-1-2-4-6(5)8(10)11-7;1-3(4(5)6)2-10(7,8)9;4-2(3(5)6)1-10(7,8)9;;;/h2*5-16H2,1-4H3;1-4H;3H,2H2,1H3,(H,5,6)(H,7,8,9);2H,1,4H2,(H,5,6)(H,7,8,9);3*1H4/q2*+1;;;;;;/p-2. The van der Waals surface area contributed by atoms with Crippen LogP contribution in [0, 0.1) is 5.92 Å². The topological polar surface area (TPSA) is 258 Å². The molecule has 4 N–H and O–H groups in total. The average Bonchev–Trinajstić information content (AvgIpc) is 3.54. The van der Waals surface area contributed by atoms with Gasteiger partial charge in [0.1, 0.15) is 6.04 Å². The number of benzene rings is 1. The minimum absolute atomic E-state index is 0. The summed E-state index contributed by atoms with van der Waals surface area (Å²) in [6.45, 7) is 31.2. The molecule has 0 saturated carbocycles. The van der Waals surface area contributed by atoms with E-state index in [1.165, 1.54) is 164 Å². The number of carbonyl (C=O) groups excluding carboxylic acids is 2. The van der Waals surface area contributed by atoms with Gasteiger partial charge in [-0.2, -0.15) is 0 Å². The highest BCUT2D eigenvalue weighted by atomic mass is 32.2. The van der Waals surface area contributed by atoms with Crippen molar-refractivity contribution in [2.24, 2.45) is 11.7 Å². The molecule has 0 fully saturated rings. The van der Waals surface area contributed by atoms with E-state index in [1.807, 2.05) is 0 Å². The van der Waals surface area contributed by atoms with E-state index in [1.54, 1.807) is 24.3 Å². The fourth-order valence-electron chi connectivity index (χ4n) is 6.99. The number of hydrogen-bond donors (Lipinski definition) is 3. The molecule has 0 spiro atoms. The molecule has 1 heterocycles. The lowest BCUT2D eigenvalue weighted by molar-refractivity contribution is -0.929. The van der Waals surface area contributed by atoms with Gasteiger partial charge >= 0.3 is 23.9 Å². The van der Waals surface area contributed by atoms with Gasteiger partial charge < -0.3 is 38.8 Å². The van der Waals surface area contributed by atoms with Gasteiger partial charge in [-0.15, -0.1) is 0 Å². The molecule has 1 aliphatic heterocycles. The number of carbonyl (C=O) groups is 4. The molecular formula is C50H101N3O13S2. The monoisotopic (exact) mass is 1020 g/mol. The second-order valence-electron chi connectivity index (χ2n) is 17.2. The van der Waals surface area contributed by atoms with Gasteiger partial charge in [0.05, 0.1) is 101 Å². The van der Waals surface area contributed by atoms with Crippen LogP contribution in [-0.4, -0.2) is 139 Å². The van der Waals surface area contributed by atoms with Crippen LogP contribution < -0.4 is 5.73 Å². The van der Waals surface area contributed by atoms with Crippen molar-refractivity contribution in [1.29, 1.82) is 0 Å². The largest absolute Gasteiger partial charge is 0.748 e. The van der Waals surface area contributed by atoms with Crippen molar-refractivity contribution in [1.82, 2.24) is 0 Å². The van der Waals surface area contributed by atoms with Crippen LogP contribution in [0.1, 0.15) is 208 Å². The maximum Gasteiger partial charge on any atom is 0.346 e. The molecule has 18 heteroatoms. The number of aliphatic carboxylic acids is 2. The predicted molar refractivity (Wildman–Crippen MR) is 277 cm³/mol. The molecule has 68 heavy (non-hydrogen) atoms. The van der Waals surface area contributed by atoms with Crippen molar-refractivity contribution < 1.29 is 69.0 Å². The zero-order valence-corrected chi connectivity index (χ0v) is 43.2. The maximum absolute atomic E-state index is 10.8. The lowest BCUT2D eigenvalue weighted by Crippen LogP contribution is -2.50. The smallest absolute Gasteiger partial charge is 0.346 e. The quantitative estimate of drug-likeness (QED) is 0.0280. The first-order valence-corrected chi connectivity index (χ1v) is 27.2. The Kier molecular flexibility index (Phi) is 49.5. The number of ether oxygens (including phenoxy) is 1.